The number of anilines is 1. The minimum Gasteiger partial charge on any atom is -0.489 e. The normalized spacial score (nSPS) is 11.0. The van der Waals surface area contributed by atoms with E-state index < -0.39 is 0 Å². The Kier molecular flexibility index (Phi) is 6.39. The van der Waals surface area contributed by atoms with Crippen LogP contribution in [0.3, 0.4) is 0 Å². The molecule has 0 radical (unpaired) electrons. The summed E-state index contributed by atoms with van der Waals surface area (Å²) < 4.78 is 5.89. The molecule has 136 valence electrons. The van der Waals surface area contributed by atoms with Crippen LogP contribution in [-0.4, -0.2) is 41.0 Å². The van der Waals surface area contributed by atoms with Crippen LogP contribution in [0.5, 0.6) is 5.75 Å². The second kappa shape index (κ2) is 9.15. The fraction of sp³-hybridized carbons (Fsp3) is 0.333. The third-order valence-electron chi connectivity index (χ3n) is 4.47. The molecule has 1 heterocycles. The number of fused-ring (bicyclic) bond motifs is 1. The Morgan fingerprint density at radius 2 is 1.81 bits per heavy atom. The van der Waals surface area contributed by atoms with Gasteiger partial charge in [-0.3, -0.25) is 0 Å². The van der Waals surface area contributed by atoms with E-state index in [4.69, 9.17) is 4.74 Å². The molecule has 0 fully saturated rings. The summed E-state index contributed by atoms with van der Waals surface area (Å²) >= 11 is 0. The highest BCUT2D eigenvalue weighted by atomic mass is 16.5. The SMILES string of the molecule is CCN(CC)CCNc1ncnc2cc(OCc3ccccc3)ccc12. The van der Waals surface area contributed by atoms with Gasteiger partial charge in [-0.25, -0.2) is 9.97 Å². The van der Waals surface area contributed by atoms with Gasteiger partial charge in [0.2, 0.25) is 0 Å². The van der Waals surface area contributed by atoms with Crippen LogP contribution in [-0.2, 0) is 6.61 Å². The molecule has 0 aliphatic carbocycles. The molecule has 3 aromatic rings. The number of benzene rings is 2. The average molecular weight is 350 g/mol. The van der Waals surface area contributed by atoms with Crippen LogP contribution < -0.4 is 10.1 Å². The van der Waals surface area contributed by atoms with E-state index in [1.54, 1.807) is 6.33 Å². The lowest BCUT2D eigenvalue weighted by Crippen LogP contribution is -2.28. The van der Waals surface area contributed by atoms with Crippen molar-refractivity contribution in [3.05, 3.63) is 60.4 Å². The molecular formula is C21H26N4O. The van der Waals surface area contributed by atoms with Gasteiger partial charge in [0, 0.05) is 24.5 Å². The van der Waals surface area contributed by atoms with E-state index in [0.29, 0.717) is 6.61 Å². The molecule has 3 rings (SSSR count). The van der Waals surface area contributed by atoms with Gasteiger partial charge in [0.15, 0.2) is 0 Å². The smallest absolute Gasteiger partial charge is 0.137 e. The van der Waals surface area contributed by atoms with Crippen molar-refractivity contribution in [3.8, 4) is 5.75 Å². The van der Waals surface area contributed by atoms with Gasteiger partial charge in [0.25, 0.3) is 0 Å². The maximum Gasteiger partial charge on any atom is 0.137 e. The molecule has 0 amide bonds. The van der Waals surface area contributed by atoms with Crippen LogP contribution in [0.2, 0.25) is 0 Å². The van der Waals surface area contributed by atoms with E-state index in [2.05, 4.69) is 46.2 Å². The summed E-state index contributed by atoms with van der Waals surface area (Å²) in [5.41, 5.74) is 2.03. The van der Waals surface area contributed by atoms with Gasteiger partial charge in [-0.2, -0.15) is 0 Å². The topological polar surface area (TPSA) is 50.3 Å². The molecule has 26 heavy (non-hydrogen) atoms. The standard InChI is InChI=1S/C21H26N4O/c1-3-25(4-2)13-12-22-21-19-11-10-18(14-20(19)23-16-24-21)26-15-17-8-6-5-7-9-17/h5-11,14,16H,3-4,12-13,15H2,1-2H3,(H,22,23,24). The molecule has 0 bridgehead atoms. The van der Waals surface area contributed by atoms with Crippen molar-refractivity contribution < 1.29 is 4.74 Å². The van der Waals surface area contributed by atoms with E-state index >= 15 is 0 Å². The van der Waals surface area contributed by atoms with Gasteiger partial charge in [-0.1, -0.05) is 44.2 Å². The van der Waals surface area contributed by atoms with Crippen molar-refractivity contribution in [3.63, 3.8) is 0 Å². The van der Waals surface area contributed by atoms with E-state index in [1.807, 2.05) is 36.4 Å². The maximum atomic E-state index is 5.89. The molecule has 0 saturated heterocycles. The first-order valence-corrected chi connectivity index (χ1v) is 9.18. The zero-order valence-electron chi connectivity index (χ0n) is 15.5. The quantitative estimate of drug-likeness (QED) is 0.633. The molecule has 0 aliphatic rings. The van der Waals surface area contributed by atoms with Crippen molar-refractivity contribution in [1.29, 1.82) is 0 Å². The number of hydrogen-bond donors (Lipinski definition) is 1. The Hall–Kier alpha value is -2.66. The summed E-state index contributed by atoms with van der Waals surface area (Å²) in [5, 5.41) is 4.44. The van der Waals surface area contributed by atoms with Crippen molar-refractivity contribution in [2.24, 2.45) is 0 Å². The molecular weight excluding hydrogens is 324 g/mol. The lowest BCUT2D eigenvalue weighted by Gasteiger charge is -2.18. The Morgan fingerprint density at radius 1 is 1.00 bits per heavy atom. The van der Waals surface area contributed by atoms with Crippen molar-refractivity contribution in [2.75, 3.05) is 31.5 Å². The molecule has 0 spiro atoms. The molecule has 0 saturated carbocycles. The number of hydrogen-bond acceptors (Lipinski definition) is 5. The molecule has 5 heteroatoms. The fourth-order valence-corrected chi connectivity index (χ4v) is 2.88. The van der Waals surface area contributed by atoms with Crippen LogP contribution in [0, 0.1) is 0 Å². The zero-order valence-corrected chi connectivity index (χ0v) is 15.5. The second-order valence-electron chi connectivity index (χ2n) is 6.13. The summed E-state index contributed by atoms with van der Waals surface area (Å²) in [6.45, 7) is 8.89. The Balaban J connectivity index is 1.66. The third kappa shape index (κ3) is 4.70. The minimum atomic E-state index is 0.548. The first kappa shape index (κ1) is 18.1. The monoisotopic (exact) mass is 350 g/mol. The Labute approximate surface area is 155 Å². The van der Waals surface area contributed by atoms with Crippen molar-refractivity contribution in [2.45, 2.75) is 20.5 Å². The van der Waals surface area contributed by atoms with Crippen LogP contribution >= 0.6 is 0 Å². The summed E-state index contributed by atoms with van der Waals surface area (Å²) in [4.78, 5) is 11.2. The first-order chi connectivity index (χ1) is 12.8. The summed E-state index contributed by atoms with van der Waals surface area (Å²) in [6.07, 6.45) is 1.60. The van der Waals surface area contributed by atoms with Gasteiger partial charge < -0.3 is 15.0 Å². The van der Waals surface area contributed by atoms with E-state index in [0.717, 1.165) is 54.2 Å². The lowest BCUT2D eigenvalue weighted by molar-refractivity contribution is 0.306. The second-order valence-corrected chi connectivity index (χ2v) is 6.13. The molecule has 1 N–H and O–H groups in total. The van der Waals surface area contributed by atoms with E-state index in [1.165, 1.54) is 0 Å². The molecule has 2 aromatic carbocycles. The summed E-state index contributed by atoms with van der Waals surface area (Å²) in [7, 11) is 0. The van der Waals surface area contributed by atoms with Crippen molar-refractivity contribution >= 4 is 16.7 Å². The molecule has 5 nitrogen and oxygen atoms in total. The predicted molar refractivity (Wildman–Crippen MR) is 107 cm³/mol. The van der Waals surface area contributed by atoms with Gasteiger partial charge in [0.1, 0.15) is 24.5 Å². The molecule has 0 aliphatic heterocycles. The number of likely N-dealkylation sites (N-methyl/N-ethyl adjacent to an activating group) is 1. The van der Waals surface area contributed by atoms with Crippen LogP contribution in [0.15, 0.2) is 54.9 Å². The van der Waals surface area contributed by atoms with Crippen LogP contribution in [0.25, 0.3) is 10.9 Å². The third-order valence-corrected chi connectivity index (χ3v) is 4.47. The highest BCUT2D eigenvalue weighted by molar-refractivity contribution is 5.89. The largest absolute Gasteiger partial charge is 0.489 e. The van der Waals surface area contributed by atoms with Crippen LogP contribution in [0.4, 0.5) is 5.82 Å². The highest BCUT2D eigenvalue weighted by Crippen LogP contribution is 2.24. The molecule has 0 unspecified atom stereocenters. The first-order valence-electron chi connectivity index (χ1n) is 9.18. The minimum absolute atomic E-state index is 0.548. The van der Waals surface area contributed by atoms with Gasteiger partial charge >= 0.3 is 0 Å². The van der Waals surface area contributed by atoms with E-state index in [-0.39, 0.29) is 0 Å². The number of ether oxygens (including phenoxy) is 1. The molecule has 1 aromatic heterocycles. The zero-order chi connectivity index (χ0) is 18.2. The Morgan fingerprint density at radius 3 is 2.58 bits per heavy atom. The fourth-order valence-electron chi connectivity index (χ4n) is 2.88. The van der Waals surface area contributed by atoms with Crippen molar-refractivity contribution in [1.82, 2.24) is 14.9 Å². The highest BCUT2D eigenvalue weighted by Gasteiger charge is 2.06. The number of nitrogens with one attached hydrogen (secondary N) is 1. The maximum absolute atomic E-state index is 5.89. The van der Waals surface area contributed by atoms with Gasteiger partial charge in [-0.05, 0) is 30.8 Å². The Bertz CT molecular complexity index is 819. The average Bonchev–Trinajstić information content (AvgIpc) is 2.70. The predicted octanol–water partition coefficient (Wildman–Crippen LogP) is 3.96. The lowest BCUT2D eigenvalue weighted by atomic mass is 10.2. The number of aromatic nitrogens is 2. The molecule has 0 atom stereocenters. The number of nitrogens with zero attached hydrogens (tertiary/aromatic N) is 3. The van der Waals surface area contributed by atoms with Gasteiger partial charge in [0.05, 0.1) is 5.52 Å². The number of rotatable bonds is 9. The van der Waals surface area contributed by atoms with Crippen LogP contribution in [0.1, 0.15) is 19.4 Å². The summed E-state index contributed by atoms with van der Waals surface area (Å²) in [5.74, 6) is 1.69. The van der Waals surface area contributed by atoms with E-state index in [9.17, 15) is 0 Å². The van der Waals surface area contributed by atoms with Gasteiger partial charge in [-0.15, -0.1) is 0 Å². The summed E-state index contributed by atoms with van der Waals surface area (Å²) in [6, 6.07) is 16.1.